The molecule has 1 aliphatic rings. The van der Waals surface area contributed by atoms with Gasteiger partial charge in [0.05, 0.1) is 24.2 Å². The molecule has 6 nitrogen and oxygen atoms in total. The van der Waals surface area contributed by atoms with Gasteiger partial charge in [-0.1, -0.05) is 43.3 Å². The number of amides is 1. The molecule has 0 atom stereocenters. The van der Waals surface area contributed by atoms with E-state index in [1.54, 1.807) is 12.1 Å². The van der Waals surface area contributed by atoms with Crippen molar-refractivity contribution in [1.29, 1.82) is 0 Å². The number of carbonyl (C=O) groups excluding carboxylic acids is 1. The highest BCUT2D eigenvalue weighted by Gasteiger charge is 2.27. The van der Waals surface area contributed by atoms with Crippen molar-refractivity contribution in [1.82, 2.24) is 14.9 Å². The zero-order valence-corrected chi connectivity index (χ0v) is 21.2. The Morgan fingerprint density at radius 3 is 2.57 bits per heavy atom. The third-order valence-electron chi connectivity index (χ3n) is 6.88. The van der Waals surface area contributed by atoms with E-state index in [4.69, 9.17) is 9.72 Å². The van der Waals surface area contributed by atoms with E-state index in [0.717, 1.165) is 66.2 Å². The summed E-state index contributed by atoms with van der Waals surface area (Å²) in [5.41, 5.74) is 3.89. The SMILES string of the molecule is CCCOc1ccc(CNC(=O)C2CCN(c3nc4ccccc4n3Cc3cccc(F)c3)CC2)cc1. The largest absolute Gasteiger partial charge is 0.494 e. The number of rotatable bonds is 9. The Morgan fingerprint density at radius 1 is 1.03 bits per heavy atom. The molecule has 0 saturated carbocycles. The number of fused-ring (bicyclic) bond motifs is 1. The molecule has 1 fully saturated rings. The van der Waals surface area contributed by atoms with Gasteiger partial charge in [0, 0.05) is 25.6 Å². The zero-order chi connectivity index (χ0) is 25.6. The van der Waals surface area contributed by atoms with E-state index in [0.29, 0.717) is 19.7 Å². The number of benzene rings is 3. The molecule has 37 heavy (non-hydrogen) atoms. The number of aromatic nitrogens is 2. The lowest BCUT2D eigenvalue weighted by atomic mass is 9.96. The topological polar surface area (TPSA) is 59.4 Å². The van der Waals surface area contributed by atoms with Crippen LogP contribution in [0.25, 0.3) is 11.0 Å². The number of nitrogens with zero attached hydrogens (tertiary/aromatic N) is 3. The van der Waals surface area contributed by atoms with Crippen molar-refractivity contribution >= 4 is 22.9 Å². The first-order valence-electron chi connectivity index (χ1n) is 13.0. The summed E-state index contributed by atoms with van der Waals surface area (Å²) in [5, 5.41) is 3.10. The molecule has 1 saturated heterocycles. The molecule has 1 aliphatic heterocycles. The summed E-state index contributed by atoms with van der Waals surface area (Å²) in [7, 11) is 0. The molecule has 4 aromatic rings. The van der Waals surface area contributed by atoms with Crippen molar-refractivity contribution in [2.24, 2.45) is 5.92 Å². The highest BCUT2D eigenvalue weighted by molar-refractivity contribution is 5.80. The summed E-state index contributed by atoms with van der Waals surface area (Å²) in [4.78, 5) is 20.1. The van der Waals surface area contributed by atoms with Gasteiger partial charge in [-0.3, -0.25) is 4.79 Å². The van der Waals surface area contributed by atoms with Gasteiger partial charge in [0.2, 0.25) is 11.9 Å². The number of para-hydroxylation sites is 2. The van der Waals surface area contributed by atoms with Crippen molar-refractivity contribution in [3.8, 4) is 5.75 Å². The average molecular weight is 501 g/mol. The Balaban J connectivity index is 1.21. The predicted octanol–water partition coefficient (Wildman–Crippen LogP) is 5.55. The minimum absolute atomic E-state index is 0.0236. The molecule has 1 amide bonds. The van der Waals surface area contributed by atoms with Crippen LogP contribution in [0.4, 0.5) is 10.3 Å². The van der Waals surface area contributed by atoms with E-state index in [-0.39, 0.29) is 17.6 Å². The number of ether oxygens (including phenoxy) is 1. The second-order valence-corrected chi connectivity index (χ2v) is 9.59. The smallest absolute Gasteiger partial charge is 0.223 e. The van der Waals surface area contributed by atoms with Gasteiger partial charge in [0.25, 0.3) is 0 Å². The van der Waals surface area contributed by atoms with Gasteiger partial charge < -0.3 is 19.5 Å². The normalized spacial score (nSPS) is 14.2. The van der Waals surface area contributed by atoms with E-state index in [1.165, 1.54) is 6.07 Å². The Hall–Kier alpha value is -3.87. The lowest BCUT2D eigenvalue weighted by Crippen LogP contribution is -2.41. The Kier molecular flexibility index (Phi) is 7.68. The van der Waals surface area contributed by atoms with Gasteiger partial charge in [-0.05, 0) is 66.8 Å². The van der Waals surface area contributed by atoms with Gasteiger partial charge in [0.15, 0.2) is 0 Å². The standard InChI is InChI=1S/C30H33FN4O2/c1-2-18-37-26-12-10-22(11-13-26)20-32-29(36)24-14-16-34(17-15-24)30-33-27-8-3-4-9-28(27)35(30)21-23-6-5-7-25(31)19-23/h3-13,19,24H,2,14-18,20-21H2,1H3,(H,32,36). The van der Waals surface area contributed by atoms with Crippen molar-refractivity contribution < 1.29 is 13.9 Å². The molecule has 3 aromatic carbocycles. The molecule has 1 aromatic heterocycles. The molecular formula is C30H33FN4O2. The quantitative estimate of drug-likeness (QED) is 0.328. The van der Waals surface area contributed by atoms with Crippen LogP contribution in [0, 0.1) is 11.7 Å². The molecule has 7 heteroatoms. The van der Waals surface area contributed by atoms with E-state index in [9.17, 15) is 9.18 Å². The van der Waals surface area contributed by atoms with Crippen molar-refractivity contribution in [2.45, 2.75) is 39.3 Å². The fourth-order valence-corrected chi connectivity index (χ4v) is 4.88. The molecule has 0 aliphatic carbocycles. The molecule has 192 valence electrons. The van der Waals surface area contributed by atoms with Crippen LogP contribution < -0.4 is 15.0 Å². The zero-order valence-electron chi connectivity index (χ0n) is 21.2. The van der Waals surface area contributed by atoms with Crippen LogP contribution in [0.5, 0.6) is 5.75 Å². The number of nitrogens with one attached hydrogen (secondary N) is 1. The molecular weight excluding hydrogens is 467 g/mol. The average Bonchev–Trinajstić information content (AvgIpc) is 3.29. The molecule has 0 bridgehead atoms. The Labute approximate surface area is 217 Å². The van der Waals surface area contributed by atoms with Gasteiger partial charge in [-0.2, -0.15) is 0 Å². The third kappa shape index (κ3) is 5.93. The van der Waals surface area contributed by atoms with E-state index in [1.807, 2.05) is 54.6 Å². The Morgan fingerprint density at radius 2 is 1.81 bits per heavy atom. The number of imidazole rings is 1. The Bertz CT molecular complexity index is 1340. The fraction of sp³-hybridized carbons (Fsp3) is 0.333. The first-order chi connectivity index (χ1) is 18.1. The van der Waals surface area contributed by atoms with Crippen LogP contribution in [-0.4, -0.2) is 35.2 Å². The summed E-state index contributed by atoms with van der Waals surface area (Å²) in [5.74, 6) is 1.56. The van der Waals surface area contributed by atoms with E-state index >= 15 is 0 Å². The number of piperidine rings is 1. The van der Waals surface area contributed by atoms with Gasteiger partial charge in [-0.25, -0.2) is 9.37 Å². The van der Waals surface area contributed by atoms with Crippen LogP contribution in [-0.2, 0) is 17.9 Å². The fourth-order valence-electron chi connectivity index (χ4n) is 4.88. The van der Waals surface area contributed by atoms with E-state index in [2.05, 4.69) is 21.7 Å². The predicted molar refractivity (Wildman–Crippen MR) is 144 cm³/mol. The second-order valence-electron chi connectivity index (χ2n) is 9.59. The van der Waals surface area contributed by atoms with Gasteiger partial charge >= 0.3 is 0 Å². The summed E-state index contributed by atoms with van der Waals surface area (Å²) in [6.45, 7) is 5.32. The molecule has 0 spiro atoms. The van der Waals surface area contributed by atoms with Crippen LogP contribution in [0.2, 0.25) is 0 Å². The number of carbonyl (C=O) groups is 1. The highest BCUT2D eigenvalue weighted by Crippen LogP contribution is 2.28. The molecule has 0 unspecified atom stereocenters. The summed E-state index contributed by atoms with van der Waals surface area (Å²) in [6.07, 6.45) is 2.50. The number of hydrogen-bond acceptors (Lipinski definition) is 4. The van der Waals surface area contributed by atoms with Crippen LogP contribution in [0.15, 0.2) is 72.8 Å². The van der Waals surface area contributed by atoms with E-state index < -0.39 is 0 Å². The first-order valence-corrected chi connectivity index (χ1v) is 13.0. The molecule has 5 rings (SSSR count). The first kappa shape index (κ1) is 24.8. The number of halogens is 1. The molecule has 0 radical (unpaired) electrons. The van der Waals surface area contributed by atoms with Crippen LogP contribution in [0.1, 0.15) is 37.3 Å². The minimum atomic E-state index is -0.240. The third-order valence-corrected chi connectivity index (χ3v) is 6.88. The molecule has 1 N–H and O–H groups in total. The maximum absolute atomic E-state index is 13.8. The molecule has 2 heterocycles. The lowest BCUT2D eigenvalue weighted by molar-refractivity contribution is -0.125. The summed E-state index contributed by atoms with van der Waals surface area (Å²) >= 11 is 0. The van der Waals surface area contributed by atoms with Crippen molar-refractivity contribution in [3.05, 3.63) is 89.7 Å². The second kappa shape index (κ2) is 11.5. The lowest BCUT2D eigenvalue weighted by Gasteiger charge is -2.32. The number of hydrogen-bond donors (Lipinski definition) is 1. The van der Waals surface area contributed by atoms with Crippen molar-refractivity contribution in [2.75, 3.05) is 24.6 Å². The van der Waals surface area contributed by atoms with Crippen LogP contribution in [0.3, 0.4) is 0 Å². The van der Waals surface area contributed by atoms with Gasteiger partial charge in [-0.15, -0.1) is 0 Å². The maximum Gasteiger partial charge on any atom is 0.223 e. The summed E-state index contributed by atoms with van der Waals surface area (Å²) < 4.78 is 21.6. The van der Waals surface area contributed by atoms with Gasteiger partial charge in [0.1, 0.15) is 11.6 Å². The number of anilines is 1. The minimum Gasteiger partial charge on any atom is -0.494 e. The summed E-state index contributed by atoms with van der Waals surface area (Å²) in [6, 6.07) is 22.6. The monoisotopic (exact) mass is 500 g/mol. The maximum atomic E-state index is 13.8. The van der Waals surface area contributed by atoms with Crippen molar-refractivity contribution in [3.63, 3.8) is 0 Å². The highest BCUT2D eigenvalue weighted by atomic mass is 19.1. The van der Waals surface area contributed by atoms with Crippen LogP contribution >= 0.6 is 0 Å².